The fraction of sp³-hybridized carbons (Fsp3) is 0.533. The molecule has 5 heteroatoms. The second-order valence-corrected chi connectivity index (χ2v) is 5.46. The lowest BCUT2D eigenvalue weighted by molar-refractivity contribution is -0.149. The van der Waals surface area contributed by atoms with Crippen molar-refractivity contribution in [2.45, 2.75) is 45.5 Å². The van der Waals surface area contributed by atoms with Gasteiger partial charge in [-0.05, 0) is 45.4 Å². The molecule has 1 rings (SSSR count). The third-order valence-electron chi connectivity index (χ3n) is 2.52. The average Bonchev–Trinajstić information content (AvgIpc) is 2.36. The molecule has 0 heterocycles. The highest BCUT2D eigenvalue weighted by atomic mass is 19.1. The molecule has 0 saturated carbocycles. The highest BCUT2D eigenvalue weighted by Crippen LogP contribution is 2.23. The van der Waals surface area contributed by atoms with Gasteiger partial charge in [0, 0.05) is 0 Å². The summed E-state index contributed by atoms with van der Waals surface area (Å²) in [5.74, 6) is -0.269. The number of benzene rings is 1. The van der Waals surface area contributed by atoms with Crippen molar-refractivity contribution in [3.8, 4) is 5.75 Å². The van der Waals surface area contributed by atoms with Crippen LogP contribution in [0, 0.1) is 0 Å². The van der Waals surface area contributed by atoms with Crippen molar-refractivity contribution < 1.29 is 18.7 Å². The molecule has 1 unspecified atom stereocenters. The third kappa shape index (κ3) is 4.81. The Labute approximate surface area is 119 Å². The maximum Gasteiger partial charge on any atom is 0.342 e. The van der Waals surface area contributed by atoms with E-state index in [1.165, 1.54) is 0 Å². The molecule has 2 atom stereocenters. The second-order valence-electron chi connectivity index (χ2n) is 5.46. The predicted molar refractivity (Wildman–Crippen MR) is 75.3 cm³/mol. The first-order valence-electron chi connectivity index (χ1n) is 6.60. The van der Waals surface area contributed by atoms with E-state index >= 15 is 0 Å². The van der Waals surface area contributed by atoms with Crippen LogP contribution in [0.5, 0.6) is 5.75 Å². The normalized spacial score (nSPS) is 14.5. The van der Waals surface area contributed by atoms with Gasteiger partial charge in [-0.1, -0.05) is 12.1 Å². The van der Waals surface area contributed by atoms with Crippen LogP contribution < -0.4 is 10.5 Å². The van der Waals surface area contributed by atoms with E-state index in [4.69, 9.17) is 10.5 Å². The molecule has 1 aromatic carbocycles. The minimum Gasteiger partial charge on any atom is -0.488 e. The largest absolute Gasteiger partial charge is 0.488 e. The van der Waals surface area contributed by atoms with Gasteiger partial charge in [0.25, 0.3) is 0 Å². The molecule has 0 amide bonds. The SMILES string of the molecule is CCOC(=O)C(F)[C@H](N)c1ccc(OC(C)(C)C)cc1. The third-order valence-corrected chi connectivity index (χ3v) is 2.52. The fourth-order valence-corrected chi connectivity index (χ4v) is 1.65. The molecule has 20 heavy (non-hydrogen) atoms. The monoisotopic (exact) mass is 283 g/mol. The minimum atomic E-state index is -1.87. The van der Waals surface area contributed by atoms with Crippen molar-refractivity contribution in [1.29, 1.82) is 0 Å². The van der Waals surface area contributed by atoms with Crippen LogP contribution in [0.4, 0.5) is 4.39 Å². The lowest BCUT2D eigenvalue weighted by Gasteiger charge is -2.22. The van der Waals surface area contributed by atoms with Gasteiger partial charge in [0.2, 0.25) is 6.17 Å². The number of nitrogens with two attached hydrogens (primary N) is 1. The van der Waals surface area contributed by atoms with Crippen molar-refractivity contribution >= 4 is 5.97 Å². The number of alkyl halides is 1. The summed E-state index contributed by atoms with van der Waals surface area (Å²) < 4.78 is 24.1. The van der Waals surface area contributed by atoms with Crippen LogP contribution in [-0.4, -0.2) is 24.3 Å². The van der Waals surface area contributed by atoms with Gasteiger partial charge in [0.15, 0.2) is 0 Å². The second kappa shape index (κ2) is 6.70. The molecule has 1 aromatic rings. The van der Waals surface area contributed by atoms with Crippen molar-refractivity contribution in [2.24, 2.45) is 5.73 Å². The first-order valence-corrected chi connectivity index (χ1v) is 6.60. The Morgan fingerprint density at radius 3 is 2.30 bits per heavy atom. The van der Waals surface area contributed by atoms with Crippen molar-refractivity contribution in [1.82, 2.24) is 0 Å². The van der Waals surface area contributed by atoms with Crippen molar-refractivity contribution in [3.05, 3.63) is 29.8 Å². The average molecular weight is 283 g/mol. The molecule has 4 nitrogen and oxygen atoms in total. The first-order chi connectivity index (χ1) is 9.24. The van der Waals surface area contributed by atoms with Crippen molar-refractivity contribution in [2.75, 3.05) is 6.61 Å². The minimum absolute atomic E-state index is 0.129. The van der Waals surface area contributed by atoms with E-state index in [1.54, 1.807) is 31.2 Å². The van der Waals surface area contributed by atoms with Gasteiger partial charge in [-0.2, -0.15) is 0 Å². The summed E-state index contributed by atoms with van der Waals surface area (Å²) in [6, 6.07) is 5.67. The van der Waals surface area contributed by atoms with E-state index in [1.807, 2.05) is 20.8 Å². The molecule has 0 aromatic heterocycles. The van der Waals surface area contributed by atoms with Gasteiger partial charge in [-0.25, -0.2) is 9.18 Å². The molecule has 0 fully saturated rings. The summed E-state index contributed by atoms with van der Waals surface area (Å²) in [5, 5.41) is 0. The number of hydrogen-bond acceptors (Lipinski definition) is 4. The smallest absolute Gasteiger partial charge is 0.342 e. The van der Waals surface area contributed by atoms with Crippen LogP contribution >= 0.6 is 0 Å². The Balaban J connectivity index is 2.75. The number of carbonyl (C=O) groups is 1. The van der Waals surface area contributed by atoms with Crippen LogP contribution in [-0.2, 0) is 9.53 Å². The molecule has 0 aliphatic rings. The number of ether oxygens (including phenoxy) is 2. The Kier molecular flexibility index (Phi) is 5.51. The van der Waals surface area contributed by atoms with Gasteiger partial charge in [-0.3, -0.25) is 0 Å². The summed E-state index contributed by atoms with van der Waals surface area (Å²) in [4.78, 5) is 11.3. The van der Waals surface area contributed by atoms with Crippen molar-refractivity contribution in [3.63, 3.8) is 0 Å². The molecule has 0 radical (unpaired) electrons. The zero-order valence-corrected chi connectivity index (χ0v) is 12.4. The van der Waals surface area contributed by atoms with E-state index in [0.717, 1.165) is 0 Å². The summed E-state index contributed by atoms with van der Waals surface area (Å²) in [5.41, 5.74) is 5.94. The van der Waals surface area contributed by atoms with E-state index in [-0.39, 0.29) is 12.2 Å². The van der Waals surface area contributed by atoms with Gasteiger partial charge >= 0.3 is 5.97 Å². The topological polar surface area (TPSA) is 61.5 Å². The molecule has 0 bridgehead atoms. The zero-order chi connectivity index (χ0) is 15.3. The van der Waals surface area contributed by atoms with E-state index in [9.17, 15) is 9.18 Å². The molecule has 0 aliphatic heterocycles. The summed E-state index contributed by atoms with van der Waals surface area (Å²) in [7, 11) is 0. The lowest BCUT2D eigenvalue weighted by Crippen LogP contribution is -2.31. The number of rotatable bonds is 5. The standard InChI is InChI=1S/C15H22FNO3/c1-5-19-14(18)12(16)13(17)10-6-8-11(9-7-10)20-15(2,3)4/h6-9,12-13H,5,17H2,1-4H3/t12?,13-/m1/s1. The molecule has 2 N–H and O–H groups in total. The van der Waals surface area contributed by atoms with Gasteiger partial charge in [0.1, 0.15) is 11.4 Å². The fourth-order valence-electron chi connectivity index (χ4n) is 1.65. The zero-order valence-electron chi connectivity index (χ0n) is 12.4. The maximum atomic E-state index is 13.8. The predicted octanol–water partition coefficient (Wildman–Crippen LogP) is 2.76. The van der Waals surface area contributed by atoms with E-state index in [2.05, 4.69) is 4.74 Å². The highest BCUT2D eigenvalue weighted by molar-refractivity contribution is 5.75. The Bertz CT molecular complexity index is 439. The molecule has 0 aliphatic carbocycles. The number of hydrogen-bond donors (Lipinski definition) is 1. The molecular formula is C15H22FNO3. The summed E-state index contributed by atoms with van der Waals surface area (Å²) in [6.45, 7) is 7.56. The quantitative estimate of drug-likeness (QED) is 0.844. The maximum absolute atomic E-state index is 13.8. The molecule has 0 spiro atoms. The molecule has 0 saturated heterocycles. The number of halogens is 1. The number of carbonyl (C=O) groups excluding carboxylic acids is 1. The Hall–Kier alpha value is -1.62. The van der Waals surface area contributed by atoms with Crippen LogP contribution in [0.1, 0.15) is 39.3 Å². The van der Waals surface area contributed by atoms with E-state index in [0.29, 0.717) is 11.3 Å². The van der Waals surface area contributed by atoms with Gasteiger partial charge in [0.05, 0.1) is 12.6 Å². The lowest BCUT2D eigenvalue weighted by atomic mass is 10.0. The van der Waals surface area contributed by atoms with Crippen LogP contribution in [0.15, 0.2) is 24.3 Å². The summed E-state index contributed by atoms with van der Waals surface area (Å²) in [6.07, 6.45) is -1.87. The molecular weight excluding hydrogens is 261 g/mol. The van der Waals surface area contributed by atoms with Gasteiger partial charge in [-0.15, -0.1) is 0 Å². The molecule has 112 valence electrons. The van der Waals surface area contributed by atoms with Crippen LogP contribution in [0.25, 0.3) is 0 Å². The number of esters is 1. The first kappa shape index (κ1) is 16.4. The van der Waals surface area contributed by atoms with Crippen LogP contribution in [0.3, 0.4) is 0 Å². The Morgan fingerprint density at radius 1 is 1.30 bits per heavy atom. The van der Waals surface area contributed by atoms with Gasteiger partial charge < -0.3 is 15.2 Å². The van der Waals surface area contributed by atoms with E-state index < -0.39 is 18.2 Å². The highest BCUT2D eigenvalue weighted by Gasteiger charge is 2.27. The summed E-state index contributed by atoms with van der Waals surface area (Å²) >= 11 is 0. The van der Waals surface area contributed by atoms with Crippen LogP contribution in [0.2, 0.25) is 0 Å². The Morgan fingerprint density at radius 2 is 1.85 bits per heavy atom.